The summed E-state index contributed by atoms with van der Waals surface area (Å²) in [7, 11) is 1.79. The molecule has 110 valence electrons. The van der Waals surface area contributed by atoms with Crippen LogP contribution in [-0.2, 0) is 4.79 Å². The SMILES string of the molecule is Cc1c(NC2CCN(C)C2=O)cnn1-c1ccccc1F. The number of hydrogen-bond donors (Lipinski definition) is 1. The summed E-state index contributed by atoms with van der Waals surface area (Å²) in [5, 5.41) is 7.42. The second kappa shape index (κ2) is 5.20. The first-order chi connectivity index (χ1) is 10.1. The van der Waals surface area contributed by atoms with E-state index in [1.807, 2.05) is 6.92 Å². The highest BCUT2D eigenvalue weighted by molar-refractivity contribution is 5.86. The molecule has 2 heterocycles. The monoisotopic (exact) mass is 288 g/mol. The van der Waals surface area contributed by atoms with E-state index < -0.39 is 0 Å². The Hall–Kier alpha value is -2.37. The number of carbonyl (C=O) groups is 1. The van der Waals surface area contributed by atoms with Crippen molar-refractivity contribution < 1.29 is 9.18 Å². The van der Waals surface area contributed by atoms with Gasteiger partial charge < -0.3 is 10.2 Å². The molecular formula is C15H17FN4O. The molecule has 1 aromatic heterocycles. The van der Waals surface area contributed by atoms with E-state index in [2.05, 4.69) is 10.4 Å². The predicted molar refractivity (Wildman–Crippen MR) is 77.9 cm³/mol. The van der Waals surface area contributed by atoms with Gasteiger partial charge in [0.2, 0.25) is 5.91 Å². The highest BCUT2D eigenvalue weighted by Crippen LogP contribution is 2.23. The lowest BCUT2D eigenvalue weighted by Crippen LogP contribution is -2.31. The van der Waals surface area contributed by atoms with Crippen LogP contribution in [0.4, 0.5) is 10.1 Å². The molecule has 6 heteroatoms. The minimum atomic E-state index is -0.327. The van der Waals surface area contributed by atoms with Crippen molar-refractivity contribution in [1.82, 2.24) is 14.7 Å². The molecule has 1 saturated heterocycles. The Morgan fingerprint density at radius 1 is 1.38 bits per heavy atom. The number of halogens is 1. The minimum Gasteiger partial charge on any atom is -0.371 e. The van der Waals surface area contributed by atoms with Crippen LogP contribution in [0.3, 0.4) is 0 Å². The molecule has 1 unspecified atom stereocenters. The van der Waals surface area contributed by atoms with Gasteiger partial charge in [0, 0.05) is 13.6 Å². The van der Waals surface area contributed by atoms with Crippen molar-refractivity contribution in [2.24, 2.45) is 0 Å². The van der Waals surface area contributed by atoms with Gasteiger partial charge in [0.05, 0.1) is 17.6 Å². The number of likely N-dealkylation sites (N-methyl/N-ethyl adjacent to an activating group) is 1. The van der Waals surface area contributed by atoms with E-state index in [4.69, 9.17) is 0 Å². The van der Waals surface area contributed by atoms with Crippen LogP contribution < -0.4 is 5.32 Å². The van der Waals surface area contributed by atoms with Crippen LogP contribution in [0.15, 0.2) is 30.5 Å². The number of anilines is 1. The van der Waals surface area contributed by atoms with E-state index in [9.17, 15) is 9.18 Å². The molecule has 21 heavy (non-hydrogen) atoms. The number of aromatic nitrogens is 2. The predicted octanol–water partition coefficient (Wildman–Crippen LogP) is 1.96. The van der Waals surface area contributed by atoms with Crippen LogP contribution >= 0.6 is 0 Å². The lowest BCUT2D eigenvalue weighted by atomic mass is 10.2. The maximum Gasteiger partial charge on any atom is 0.244 e. The molecule has 1 fully saturated rings. The Bertz CT molecular complexity index is 682. The molecule has 5 nitrogen and oxygen atoms in total. The van der Waals surface area contributed by atoms with Gasteiger partial charge in [0.25, 0.3) is 0 Å². The molecule has 1 atom stereocenters. The van der Waals surface area contributed by atoms with Crippen molar-refractivity contribution in [3.05, 3.63) is 42.0 Å². The van der Waals surface area contributed by atoms with Gasteiger partial charge in [-0.3, -0.25) is 4.79 Å². The average molecular weight is 288 g/mol. The van der Waals surface area contributed by atoms with Crippen LogP contribution in [0.25, 0.3) is 5.69 Å². The number of rotatable bonds is 3. The van der Waals surface area contributed by atoms with E-state index >= 15 is 0 Å². The highest BCUT2D eigenvalue weighted by atomic mass is 19.1. The maximum atomic E-state index is 13.8. The zero-order valence-corrected chi connectivity index (χ0v) is 12.0. The molecular weight excluding hydrogens is 271 g/mol. The summed E-state index contributed by atoms with van der Waals surface area (Å²) in [5.41, 5.74) is 1.94. The minimum absolute atomic E-state index is 0.0769. The van der Waals surface area contributed by atoms with E-state index in [-0.39, 0.29) is 17.8 Å². The van der Waals surface area contributed by atoms with Crippen molar-refractivity contribution >= 4 is 11.6 Å². The fourth-order valence-corrected chi connectivity index (χ4v) is 2.56. The van der Waals surface area contributed by atoms with E-state index in [0.29, 0.717) is 5.69 Å². The lowest BCUT2D eigenvalue weighted by Gasteiger charge is -2.13. The molecule has 0 radical (unpaired) electrons. The number of benzene rings is 1. The first-order valence-corrected chi connectivity index (χ1v) is 6.89. The normalized spacial score (nSPS) is 18.3. The van der Waals surface area contributed by atoms with Gasteiger partial charge >= 0.3 is 0 Å². The summed E-state index contributed by atoms with van der Waals surface area (Å²) in [5.74, 6) is -0.250. The van der Waals surface area contributed by atoms with E-state index in [0.717, 1.165) is 24.3 Å². The lowest BCUT2D eigenvalue weighted by molar-refractivity contribution is -0.127. The number of hydrogen-bond acceptors (Lipinski definition) is 3. The standard InChI is InChI=1S/C15H17FN4O/c1-10-13(18-12-7-8-19(2)15(12)21)9-17-20(10)14-6-4-3-5-11(14)16/h3-6,9,12,18H,7-8H2,1-2H3. The summed E-state index contributed by atoms with van der Waals surface area (Å²) >= 11 is 0. The Morgan fingerprint density at radius 3 is 2.81 bits per heavy atom. The number of likely N-dealkylation sites (tertiary alicyclic amines) is 1. The topological polar surface area (TPSA) is 50.2 Å². The number of carbonyl (C=O) groups excluding carboxylic acids is 1. The maximum absolute atomic E-state index is 13.8. The molecule has 1 aliphatic rings. The van der Waals surface area contributed by atoms with Gasteiger partial charge in [0.15, 0.2) is 0 Å². The zero-order valence-electron chi connectivity index (χ0n) is 12.0. The van der Waals surface area contributed by atoms with Gasteiger partial charge in [-0.1, -0.05) is 12.1 Å². The van der Waals surface area contributed by atoms with Crippen LogP contribution in [0, 0.1) is 12.7 Å². The number of amides is 1. The molecule has 1 aliphatic heterocycles. The molecule has 0 saturated carbocycles. The number of nitrogens with one attached hydrogen (secondary N) is 1. The molecule has 1 N–H and O–H groups in total. The molecule has 0 spiro atoms. The van der Waals surface area contributed by atoms with Crippen molar-refractivity contribution in [3.63, 3.8) is 0 Å². The highest BCUT2D eigenvalue weighted by Gasteiger charge is 2.29. The van der Waals surface area contributed by atoms with Gasteiger partial charge in [0.1, 0.15) is 17.5 Å². The summed E-state index contributed by atoms with van der Waals surface area (Å²) in [6, 6.07) is 6.26. The largest absolute Gasteiger partial charge is 0.371 e. The van der Waals surface area contributed by atoms with Crippen molar-refractivity contribution in [2.45, 2.75) is 19.4 Å². The first-order valence-electron chi connectivity index (χ1n) is 6.89. The summed E-state index contributed by atoms with van der Waals surface area (Å²) in [4.78, 5) is 13.6. The fourth-order valence-electron chi connectivity index (χ4n) is 2.56. The molecule has 1 aromatic carbocycles. The average Bonchev–Trinajstić information content (AvgIpc) is 2.98. The second-order valence-electron chi connectivity index (χ2n) is 5.25. The van der Waals surface area contributed by atoms with E-state index in [1.165, 1.54) is 6.07 Å². The zero-order chi connectivity index (χ0) is 15.0. The van der Waals surface area contributed by atoms with Gasteiger partial charge in [-0.15, -0.1) is 0 Å². The Morgan fingerprint density at radius 2 is 2.14 bits per heavy atom. The van der Waals surface area contributed by atoms with Gasteiger partial charge in [-0.2, -0.15) is 5.10 Å². The summed E-state index contributed by atoms with van der Waals surface area (Å²) in [6.45, 7) is 2.60. The summed E-state index contributed by atoms with van der Waals surface area (Å²) in [6.07, 6.45) is 2.40. The molecule has 0 bridgehead atoms. The Labute approximate surface area is 122 Å². The van der Waals surface area contributed by atoms with Crippen molar-refractivity contribution in [1.29, 1.82) is 0 Å². The van der Waals surface area contributed by atoms with Crippen LogP contribution in [0.1, 0.15) is 12.1 Å². The smallest absolute Gasteiger partial charge is 0.244 e. The third kappa shape index (κ3) is 2.37. The van der Waals surface area contributed by atoms with Crippen LogP contribution in [-0.4, -0.2) is 40.2 Å². The molecule has 2 aromatic rings. The molecule has 3 rings (SSSR count). The third-order valence-electron chi connectivity index (χ3n) is 3.85. The quantitative estimate of drug-likeness (QED) is 0.939. The van der Waals surface area contributed by atoms with Gasteiger partial charge in [-0.05, 0) is 25.5 Å². The van der Waals surface area contributed by atoms with E-state index in [1.54, 1.807) is 41.0 Å². The first kappa shape index (κ1) is 13.6. The summed E-state index contributed by atoms with van der Waals surface area (Å²) < 4.78 is 15.4. The number of nitrogens with zero attached hydrogens (tertiary/aromatic N) is 3. The third-order valence-corrected chi connectivity index (χ3v) is 3.85. The van der Waals surface area contributed by atoms with Crippen molar-refractivity contribution in [3.8, 4) is 5.69 Å². The second-order valence-corrected chi connectivity index (χ2v) is 5.25. The Balaban J connectivity index is 1.87. The van der Waals surface area contributed by atoms with Gasteiger partial charge in [-0.25, -0.2) is 9.07 Å². The Kier molecular flexibility index (Phi) is 3.37. The fraction of sp³-hybridized carbons (Fsp3) is 0.333. The molecule has 1 amide bonds. The van der Waals surface area contributed by atoms with Crippen LogP contribution in [0.5, 0.6) is 0 Å². The number of para-hydroxylation sites is 1. The molecule has 0 aliphatic carbocycles. The van der Waals surface area contributed by atoms with Crippen molar-refractivity contribution in [2.75, 3.05) is 18.9 Å². The van der Waals surface area contributed by atoms with Crippen LogP contribution in [0.2, 0.25) is 0 Å².